The molecule has 0 radical (unpaired) electrons. The van der Waals surface area contributed by atoms with Crippen molar-refractivity contribution in [3.63, 3.8) is 0 Å². The molecule has 2 atom stereocenters. The summed E-state index contributed by atoms with van der Waals surface area (Å²) in [6.45, 7) is 0. The quantitative estimate of drug-likeness (QED) is 0.459. The Kier molecular flexibility index (Phi) is 3.87. The van der Waals surface area contributed by atoms with Crippen molar-refractivity contribution < 1.29 is 32.4 Å². The van der Waals surface area contributed by atoms with Crippen molar-refractivity contribution in [3.05, 3.63) is 53.6 Å². The molecule has 2 aliphatic rings. The molecule has 1 aliphatic carbocycles. The highest BCUT2D eigenvalue weighted by atomic mass is 32.2. The molecule has 0 spiro atoms. The number of carbonyl (C=O) groups excluding carboxylic acids is 2. The number of carbonyl (C=O) groups is 2. The van der Waals surface area contributed by atoms with Crippen LogP contribution in [-0.4, -0.2) is 30.2 Å². The van der Waals surface area contributed by atoms with Crippen LogP contribution < -0.4 is 0 Å². The summed E-state index contributed by atoms with van der Waals surface area (Å²) in [5.41, 5.74) is -0.919. The minimum Gasteiger partial charge on any atom is -0.504 e. The molecule has 2 N–H and O–H groups in total. The molecule has 1 fully saturated rings. The number of Topliss-reactive ketones (excluding diaryl/α,β-unsaturated/α-hetero) is 2. The van der Waals surface area contributed by atoms with Gasteiger partial charge in [0.2, 0.25) is 0 Å². The standard InChI is InChI=1S/C19H16O7S/c20-14-7-5-11(9-16(14)22)19(12-6-8-15(21)17(23)10-12)13-3-1-2-4-18(13)27(24,25)26-19/h1-5,7,9,12,20,22H,6,8,10H2. The van der Waals surface area contributed by atoms with Crippen LogP contribution in [-0.2, 0) is 29.5 Å². The molecule has 2 aromatic rings. The van der Waals surface area contributed by atoms with Crippen LogP contribution >= 0.6 is 0 Å². The van der Waals surface area contributed by atoms with Crippen molar-refractivity contribution in [2.24, 2.45) is 5.92 Å². The lowest BCUT2D eigenvalue weighted by molar-refractivity contribution is -0.140. The average molecular weight is 388 g/mol. The second-order valence-electron chi connectivity index (χ2n) is 6.76. The van der Waals surface area contributed by atoms with Crippen LogP contribution in [0.15, 0.2) is 47.4 Å². The summed E-state index contributed by atoms with van der Waals surface area (Å²) < 4.78 is 31.0. The van der Waals surface area contributed by atoms with Gasteiger partial charge in [0.15, 0.2) is 23.1 Å². The molecule has 2 unspecified atom stereocenters. The van der Waals surface area contributed by atoms with E-state index in [1.807, 2.05) is 0 Å². The molecule has 1 heterocycles. The lowest BCUT2D eigenvalue weighted by Gasteiger charge is -2.38. The van der Waals surface area contributed by atoms with E-state index in [0.29, 0.717) is 11.1 Å². The molecule has 1 aliphatic heterocycles. The van der Waals surface area contributed by atoms with Crippen LogP contribution in [0, 0.1) is 5.92 Å². The third-order valence-corrected chi connectivity index (χ3v) is 6.62. The summed E-state index contributed by atoms with van der Waals surface area (Å²) in [5.74, 6) is -2.47. The van der Waals surface area contributed by atoms with E-state index in [0.717, 1.165) is 0 Å². The van der Waals surface area contributed by atoms with Gasteiger partial charge in [-0.05, 0) is 30.2 Å². The number of hydrogen-bond donors (Lipinski definition) is 2. The molecule has 0 bridgehead atoms. The van der Waals surface area contributed by atoms with Gasteiger partial charge in [-0.2, -0.15) is 8.42 Å². The second-order valence-corrected chi connectivity index (χ2v) is 8.27. The van der Waals surface area contributed by atoms with E-state index < -0.39 is 39.0 Å². The minimum atomic E-state index is -4.11. The van der Waals surface area contributed by atoms with E-state index in [2.05, 4.69) is 0 Å². The van der Waals surface area contributed by atoms with E-state index in [9.17, 15) is 28.2 Å². The molecule has 140 valence electrons. The van der Waals surface area contributed by atoms with Gasteiger partial charge < -0.3 is 10.2 Å². The van der Waals surface area contributed by atoms with Crippen LogP contribution in [0.1, 0.15) is 30.4 Å². The number of ketones is 2. The first-order valence-electron chi connectivity index (χ1n) is 8.39. The van der Waals surface area contributed by atoms with E-state index in [1.54, 1.807) is 18.2 Å². The maximum Gasteiger partial charge on any atom is 0.298 e. The normalized spacial score (nSPS) is 26.7. The molecule has 0 amide bonds. The summed E-state index contributed by atoms with van der Waals surface area (Å²) in [6.07, 6.45) is 0.0985. The molecule has 27 heavy (non-hydrogen) atoms. The first-order chi connectivity index (χ1) is 12.8. The van der Waals surface area contributed by atoms with E-state index in [4.69, 9.17) is 4.18 Å². The van der Waals surface area contributed by atoms with Gasteiger partial charge in [0.25, 0.3) is 10.1 Å². The van der Waals surface area contributed by atoms with Crippen LogP contribution in [0.25, 0.3) is 0 Å². The Balaban J connectivity index is 1.99. The van der Waals surface area contributed by atoms with Crippen molar-refractivity contribution in [1.29, 1.82) is 0 Å². The van der Waals surface area contributed by atoms with E-state index in [-0.39, 0.29) is 29.9 Å². The fourth-order valence-electron chi connectivity index (χ4n) is 3.97. The maximum atomic E-state index is 12.7. The van der Waals surface area contributed by atoms with Crippen molar-refractivity contribution >= 4 is 21.7 Å². The van der Waals surface area contributed by atoms with E-state index >= 15 is 0 Å². The predicted molar refractivity (Wildman–Crippen MR) is 92.6 cm³/mol. The second kappa shape index (κ2) is 5.90. The van der Waals surface area contributed by atoms with Crippen molar-refractivity contribution in [2.75, 3.05) is 0 Å². The van der Waals surface area contributed by atoms with Gasteiger partial charge in [-0.15, -0.1) is 0 Å². The topological polar surface area (TPSA) is 118 Å². The summed E-state index contributed by atoms with van der Waals surface area (Å²) in [7, 11) is -4.11. The highest BCUT2D eigenvalue weighted by molar-refractivity contribution is 7.87. The van der Waals surface area contributed by atoms with Crippen LogP contribution in [0.4, 0.5) is 0 Å². The summed E-state index contributed by atoms with van der Waals surface area (Å²) in [6, 6.07) is 10.2. The monoisotopic (exact) mass is 388 g/mol. The number of phenolic OH excluding ortho intramolecular Hbond substituents is 2. The largest absolute Gasteiger partial charge is 0.504 e. The van der Waals surface area contributed by atoms with Gasteiger partial charge in [-0.3, -0.25) is 9.59 Å². The summed E-state index contributed by atoms with van der Waals surface area (Å²) in [4.78, 5) is 23.8. The molecule has 1 saturated carbocycles. The van der Waals surface area contributed by atoms with Gasteiger partial charge in [0, 0.05) is 24.3 Å². The smallest absolute Gasteiger partial charge is 0.298 e. The Morgan fingerprint density at radius 1 is 1.00 bits per heavy atom. The molecule has 8 heteroatoms. The van der Waals surface area contributed by atoms with Gasteiger partial charge in [-0.25, -0.2) is 4.18 Å². The zero-order valence-corrected chi connectivity index (χ0v) is 14.9. The first kappa shape index (κ1) is 17.7. The average Bonchev–Trinajstić information content (AvgIpc) is 2.89. The zero-order valence-electron chi connectivity index (χ0n) is 14.1. The number of rotatable bonds is 2. The number of phenols is 2. The molecule has 0 saturated heterocycles. The number of aromatic hydroxyl groups is 2. The molecule has 4 rings (SSSR count). The highest BCUT2D eigenvalue weighted by Gasteiger charge is 2.56. The van der Waals surface area contributed by atoms with Crippen LogP contribution in [0.2, 0.25) is 0 Å². The Hall–Kier alpha value is -2.71. The number of hydrogen-bond acceptors (Lipinski definition) is 7. The van der Waals surface area contributed by atoms with E-state index in [1.165, 1.54) is 24.3 Å². The number of fused-ring (bicyclic) bond motifs is 1. The summed E-state index contributed by atoms with van der Waals surface area (Å²) in [5, 5.41) is 19.6. The zero-order chi connectivity index (χ0) is 19.4. The Labute approximate surface area is 155 Å². The fourth-order valence-corrected chi connectivity index (χ4v) is 5.46. The van der Waals surface area contributed by atoms with Crippen molar-refractivity contribution in [3.8, 4) is 11.5 Å². The predicted octanol–water partition coefficient (Wildman–Crippen LogP) is 2.00. The maximum absolute atomic E-state index is 12.7. The lowest BCUT2D eigenvalue weighted by atomic mass is 9.69. The molecule has 7 nitrogen and oxygen atoms in total. The van der Waals surface area contributed by atoms with Crippen LogP contribution in [0.3, 0.4) is 0 Å². The van der Waals surface area contributed by atoms with Gasteiger partial charge in [0.05, 0.1) is 0 Å². The third kappa shape index (κ3) is 2.55. The Bertz CT molecular complexity index is 1070. The number of benzene rings is 2. The SMILES string of the molecule is O=C1CCC(C2(c3ccc(O)c(O)c3)OS(=O)(=O)c3ccccc32)CC1=O. The molecular weight excluding hydrogens is 372 g/mol. The highest BCUT2D eigenvalue weighted by Crippen LogP contribution is 2.54. The van der Waals surface area contributed by atoms with Gasteiger partial charge in [0.1, 0.15) is 10.5 Å². The Morgan fingerprint density at radius 2 is 1.74 bits per heavy atom. The van der Waals surface area contributed by atoms with Crippen molar-refractivity contribution in [1.82, 2.24) is 0 Å². The third-order valence-electron chi connectivity index (χ3n) is 5.24. The summed E-state index contributed by atoms with van der Waals surface area (Å²) >= 11 is 0. The molecule has 0 aromatic heterocycles. The fraction of sp³-hybridized carbons (Fsp3) is 0.263. The molecular formula is C19H16O7S. The minimum absolute atomic E-state index is 0.000883. The van der Waals surface area contributed by atoms with Gasteiger partial charge >= 0.3 is 0 Å². The van der Waals surface area contributed by atoms with Crippen molar-refractivity contribution in [2.45, 2.75) is 29.8 Å². The molecule has 2 aromatic carbocycles. The van der Waals surface area contributed by atoms with Gasteiger partial charge in [-0.1, -0.05) is 24.3 Å². The first-order valence-corrected chi connectivity index (χ1v) is 9.80. The lowest BCUT2D eigenvalue weighted by Crippen LogP contribution is -2.41. The Morgan fingerprint density at radius 3 is 2.44 bits per heavy atom. The van der Waals surface area contributed by atoms with Crippen LogP contribution in [0.5, 0.6) is 11.5 Å².